The third-order valence-corrected chi connectivity index (χ3v) is 5.47. The highest BCUT2D eigenvalue weighted by molar-refractivity contribution is 6.35. The number of unbranched alkanes of at least 4 members (excludes halogenated alkanes) is 1. The molecule has 1 saturated heterocycles. The second kappa shape index (κ2) is 9.24. The number of benzene rings is 1. The van der Waals surface area contributed by atoms with Crippen molar-refractivity contribution in [3.05, 3.63) is 35.5 Å². The third-order valence-electron chi connectivity index (χ3n) is 5.47. The Balaban J connectivity index is 1.94. The molecule has 2 aliphatic heterocycles. The fraction of sp³-hybridized carbons (Fsp3) is 0.545. The van der Waals surface area contributed by atoms with Gasteiger partial charge in [-0.1, -0.05) is 32.4 Å². The SMILES string of the molecule is CCCCN1C(=O)C(c2ccc(OCC)cc2)=C(N2CCN(CC)CC2)C1=O. The number of imide groups is 1. The summed E-state index contributed by atoms with van der Waals surface area (Å²) in [5.41, 5.74) is 1.89. The van der Waals surface area contributed by atoms with Gasteiger partial charge in [0, 0.05) is 32.7 Å². The fourth-order valence-corrected chi connectivity index (χ4v) is 3.81. The lowest BCUT2D eigenvalue weighted by Crippen LogP contribution is -2.47. The predicted molar refractivity (Wildman–Crippen MR) is 110 cm³/mol. The minimum atomic E-state index is -0.171. The van der Waals surface area contributed by atoms with Crippen LogP contribution in [0.3, 0.4) is 0 Å². The lowest BCUT2D eigenvalue weighted by atomic mass is 10.0. The first-order valence-electron chi connectivity index (χ1n) is 10.4. The predicted octanol–water partition coefficient (Wildman–Crippen LogP) is 2.60. The molecule has 0 unspecified atom stereocenters. The molecule has 1 aromatic rings. The van der Waals surface area contributed by atoms with E-state index in [4.69, 9.17) is 4.74 Å². The van der Waals surface area contributed by atoms with Crippen LogP contribution < -0.4 is 4.74 Å². The molecule has 1 fully saturated rings. The Kier molecular flexibility index (Phi) is 6.73. The van der Waals surface area contributed by atoms with E-state index in [-0.39, 0.29) is 11.8 Å². The van der Waals surface area contributed by atoms with E-state index in [0.29, 0.717) is 24.4 Å². The summed E-state index contributed by atoms with van der Waals surface area (Å²) >= 11 is 0. The first-order chi connectivity index (χ1) is 13.6. The van der Waals surface area contributed by atoms with Crippen LogP contribution in [0.5, 0.6) is 5.75 Å². The van der Waals surface area contributed by atoms with E-state index in [1.54, 1.807) is 0 Å². The zero-order valence-electron chi connectivity index (χ0n) is 17.2. The van der Waals surface area contributed by atoms with E-state index in [1.807, 2.05) is 31.2 Å². The molecule has 0 radical (unpaired) electrons. The van der Waals surface area contributed by atoms with Gasteiger partial charge in [-0.05, 0) is 37.6 Å². The van der Waals surface area contributed by atoms with Gasteiger partial charge in [0.15, 0.2) is 0 Å². The molecule has 28 heavy (non-hydrogen) atoms. The number of piperazine rings is 1. The van der Waals surface area contributed by atoms with Gasteiger partial charge in [-0.3, -0.25) is 14.5 Å². The molecule has 2 amide bonds. The number of likely N-dealkylation sites (N-methyl/N-ethyl adjacent to an activating group) is 1. The first-order valence-corrected chi connectivity index (χ1v) is 10.4. The molecule has 6 nitrogen and oxygen atoms in total. The molecule has 1 aromatic carbocycles. The quantitative estimate of drug-likeness (QED) is 0.644. The third kappa shape index (κ3) is 4.07. The second-order valence-corrected chi connectivity index (χ2v) is 7.22. The van der Waals surface area contributed by atoms with Gasteiger partial charge in [0.2, 0.25) is 0 Å². The fourth-order valence-electron chi connectivity index (χ4n) is 3.81. The summed E-state index contributed by atoms with van der Waals surface area (Å²) in [5.74, 6) is 0.451. The molecular weight excluding hydrogens is 354 g/mol. The summed E-state index contributed by atoms with van der Waals surface area (Å²) < 4.78 is 5.52. The Morgan fingerprint density at radius 1 is 0.929 bits per heavy atom. The minimum Gasteiger partial charge on any atom is -0.494 e. The van der Waals surface area contributed by atoms with Gasteiger partial charge in [0.05, 0.1) is 12.2 Å². The first kappa shape index (κ1) is 20.4. The number of ether oxygens (including phenoxy) is 1. The Bertz CT molecular complexity index is 734. The van der Waals surface area contributed by atoms with Crippen LogP contribution in [0.15, 0.2) is 30.0 Å². The van der Waals surface area contributed by atoms with Crippen molar-refractivity contribution < 1.29 is 14.3 Å². The second-order valence-electron chi connectivity index (χ2n) is 7.22. The van der Waals surface area contributed by atoms with Crippen molar-refractivity contribution in [2.45, 2.75) is 33.6 Å². The standard InChI is InChI=1S/C22H31N3O3/c1-4-7-12-25-21(26)19(17-8-10-18(11-9-17)28-6-3)20(22(25)27)24-15-13-23(5-2)14-16-24/h8-11H,4-7,12-16H2,1-3H3. The van der Waals surface area contributed by atoms with Crippen molar-refractivity contribution >= 4 is 17.4 Å². The van der Waals surface area contributed by atoms with Gasteiger partial charge >= 0.3 is 0 Å². The highest BCUT2D eigenvalue weighted by atomic mass is 16.5. The van der Waals surface area contributed by atoms with Gasteiger partial charge in [-0.15, -0.1) is 0 Å². The molecule has 6 heteroatoms. The van der Waals surface area contributed by atoms with Crippen molar-refractivity contribution in [3.8, 4) is 5.75 Å². The molecule has 0 aromatic heterocycles. The van der Waals surface area contributed by atoms with Crippen LogP contribution in [0.4, 0.5) is 0 Å². The monoisotopic (exact) mass is 385 g/mol. The maximum absolute atomic E-state index is 13.2. The topological polar surface area (TPSA) is 53.1 Å². The highest BCUT2D eigenvalue weighted by Crippen LogP contribution is 2.33. The van der Waals surface area contributed by atoms with Crippen LogP contribution in [0, 0.1) is 0 Å². The molecule has 2 heterocycles. The lowest BCUT2D eigenvalue weighted by Gasteiger charge is -2.36. The normalized spacial score (nSPS) is 18.4. The maximum Gasteiger partial charge on any atom is 0.277 e. The van der Waals surface area contributed by atoms with Crippen LogP contribution in [0.2, 0.25) is 0 Å². The Morgan fingerprint density at radius 2 is 1.61 bits per heavy atom. The summed E-state index contributed by atoms with van der Waals surface area (Å²) in [6.07, 6.45) is 1.77. The van der Waals surface area contributed by atoms with Gasteiger partial charge < -0.3 is 14.5 Å². The molecule has 0 bridgehead atoms. The summed E-state index contributed by atoms with van der Waals surface area (Å²) in [6, 6.07) is 7.50. The van der Waals surface area contributed by atoms with Crippen molar-refractivity contribution in [1.29, 1.82) is 0 Å². The number of carbonyl (C=O) groups is 2. The van der Waals surface area contributed by atoms with E-state index in [1.165, 1.54) is 4.90 Å². The molecule has 0 aliphatic carbocycles. The zero-order chi connectivity index (χ0) is 20.1. The highest BCUT2D eigenvalue weighted by Gasteiger charge is 2.41. The van der Waals surface area contributed by atoms with Crippen LogP contribution in [-0.4, -0.2) is 72.4 Å². The molecule has 2 aliphatic rings. The Hall–Kier alpha value is -2.34. The van der Waals surface area contributed by atoms with E-state index >= 15 is 0 Å². The summed E-state index contributed by atoms with van der Waals surface area (Å²) in [5, 5.41) is 0. The average molecular weight is 386 g/mol. The zero-order valence-corrected chi connectivity index (χ0v) is 17.2. The van der Waals surface area contributed by atoms with E-state index in [9.17, 15) is 9.59 Å². The van der Waals surface area contributed by atoms with Gasteiger partial charge in [0.25, 0.3) is 11.8 Å². The Labute approximate surface area is 167 Å². The van der Waals surface area contributed by atoms with Crippen molar-refractivity contribution in [2.24, 2.45) is 0 Å². The van der Waals surface area contributed by atoms with Crippen LogP contribution in [-0.2, 0) is 9.59 Å². The smallest absolute Gasteiger partial charge is 0.277 e. The molecular formula is C22H31N3O3. The van der Waals surface area contributed by atoms with E-state index < -0.39 is 0 Å². The number of rotatable bonds is 8. The summed E-state index contributed by atoms with van der Waals surface area (Å²) in [4.78, 5) is 32.3. The lowest BCUT2D eigenvalue weighted by molar-refractivity contribution is -0.137. The summed E-state index contributed by atoms with van der Waals surface area (Å²) in [7, 11) is 0. The Morgan fingerprint density at radius 3 is 2.18 bits per heavy atom. The van der Waals surface area contributed by atoms with Gasteiger partial charge in [-0.25, -0.2) is 0 Å². The average Bonchev–Trinajstić information content (AvgIpc) is 2.97. The van der Waals surface area contributed by atoms with E-state index in [0.717, 1.165) is 56.9 Å². The molecule has 0 atom stereocenters. The molecule has 0 saturated carbocycles. The minimum absolute atomic E-state index is 0.146. The number of hydrogen-bond acceptors (Lipinski definition) is 5. The number of amides is 2. The van der Waals surface area contributed by atoms with E-state index in [2.05, 4.69) is 23.6 Å². The molecule has 0 spiro atoms. The van der Waals surface area contributed by atoms with Crippen molar-refractivity contribution in [3.63, 3.8) is 0 Å². The van der Waals surface area contributed by atoms with Crippen LogP contribution in [0.1, 0.15) is 39.2 Å². The van der Waals surface area contributed by atoms with Crippen LogP contribution in [0.25, 0.3) is 5.57 Å². The number of nitrogens with zero attached hydrogens (tertiary/aromatic N) is 3. The number of carbonyl (C=O) groups excluding carboxylic acids is 2. The molecule has 152 valence electrons. The molecule has 3 rings (SSSR count). The largest absolute Gasteiger partial charge is 0.494 e. The van der Waals surface area contributed by atoms with Crippen molar-refractivity contribution in [2.75, 3.05) is 45.9 Å². The maximum atomic E-state index is 13.2. The number of hydrogen-bond donors (Lipinski definition) is 0. The van der Waals surface area contributed by atoms with Gasteiger partial charge in [-0.2, -0.15) is 0 Å². The van der Waals surface area contributed by atoms with Crippen molar-refractivity contribution in [1.82, 2.24) is 14.7 Å². The van der Waals surface area contributed by atoms with Gasteiger partial charge in [0.1, 0.15) is 11.4 Å². The van der Waals surface area contributed by atoms with Crippen LogP contribution >= 0.6 is 0 Å². The summed E-state index contributed by atoms with van der Waals surface area (Å²) in [6.45, 7) is 11.6. The molecule has 0 N–H and O–H groups in total.